The van der Waals surface area contributed by atoms with Gasteiger partial charge in [-0.3, -0.25) is 9.52 Å². The van der Waals surface area contributed by atoms with Gasteiger partial charge in [0, 0.05) is 26.2 Å². The summed E-state index contributed by atoms with van der Waals surface area (Å²) < 4.78 is 50.6. The highest BCUT2D eigenvalue weighted by atomic mass is 35.5. The van der Waals surface area contributed by atoms with E-state index in [1.54, 1.807) is 12.3 Å². The zero-order chi connectivity index (χ0) is 25.9. The number of rotatable bonds is 8. The molecule has 0 amide bonds. The number of aromatic nitrogens is 2. The van der Waals surface area contributed by atoms with Crippen LogP contribution in [0.2, 0.25) is 5.02 Å². The van der Waals surface area contributed by atoms with Crippen LogP contribution in [0.3, 0.4) is 0 Å². The molecule has 1 atom stereocenters. The summed E-state index contributed by atoms with van der Waals surface area (Å²) in [5.41, 5.74) is 0.776. The number of nitrogens with one attached hydrogen (secondary N) is 2. The Hall–Kier alpha value is -2.21. The molecule has 0 unspecified atom stereocenters. The summed E-state index contributed by atoms with van der Waals surface area (Å²) in [6.07, 6.45) is 4.38. The second kappa shape index (κ2) is 11.5. The maximum absolute atomic E-state index is 14.5. The summed E-state index contributed by atoms with van der Waals surface area (Å²) >= 11 is 6.35. The van der Waals surface area contributed by atoms with E-state index >= 15 is 0 Å². The summed E-state index contributed by atoms with van der Waals surface area (Å²) in [5, 5.41) is 7.58. The van der Waals surface area contributed by atoms with E-state index < -0.39 is 21.6 Å². The Morgan fingerprint density at radius 3 is 2.61 bits per heavy atom. The van der Waals surface area contributed by atoms with Crippen molar-refractivity contribution in [2.24, 2.45) is 5.92 Å². The summed E-state index contributed by atoms with van der Waals surface area (Å²) in [7, 11) is -3.95. The zero-order valence-electron chi connectivity index (χ0n) is 20.5. The minimum atomic E-state index is -3.95. The first-order chi connectivity index (χ1) is 17.2. The van der Waals surface area contributed by atoms with Crippen molar-refractivity contribution in [3.63, 3.8) is 0 Å². The van der Waals surface area contributed by atoms with Crippen LogP contribution in [0.15, 0.2) is 29.2 Å². The van der Waals surface area contributed by atoms with Crippen molar-refractivity contribution >= 4 is 33.2 Å². The fraction of sp³-hybridized carbons (Fsp3) is 0.583. The number of nitrogens with zero attached hydrogens (tertiary/aromatic N) is 3. The normalized spacial score (nSPS) is 20.0. The van der Waals surface area contributed by atoms with Gasteiger partial charge in [-0.25, -0.2) is 9.07 Å². The predicted molar refractivity (Wildman–Crippen MR) is 138 cm³/mol. The van der Waals surface area contributed by atoms with Crippen molar-refractivity contribution < 1.29 is 17.5 Å². The van der Waals surface area contributed by atoms with Crippen molar-refractivity contribution in [1.82, 2.24) is 14.1 Å². The van der Waals surface area contributed by atoms with E-state index in [4.69, 9.17) is 16.3 Å². The van der Waals surface area contributed by atoms with Gasteiger partial charge in [0.1, 0.15) is 10.8 Å². The van der Waals surface area contributed by atoms with E-state index in [9.17, 15) is 17.6 Å². The molecule has 0 radical (unpaired) electrons. The van der Waals surface area contributed by atoms with Crippen LogP contribution < -0.4 is 15.6 Å². The summed E-state index contributed by atoms with van der Waals surface area (Å²) in [6, 6.07) is 4.21. The standard InChI is InChI=1S/C24H33ClFN5O4S/c1-16(2)18-5-6-21(20(26)12-18)29-36(33,34)30-9-7-19(8-10-30)31-24(32)23(25)22(14-28-31)27-13-17-4-3-11-35-15-17/h5-6,12,14,16-17,19,27,29H,3-4,7-11,13,15H2,1-2H3/t17-/m0/s1. The Balaban J connectivity index is 1.37. The van der Waals surface area contributed by atoms with Crippen molar-refractivity contribution in [3.05, 3.63) is 51.2 Å². The van der Waals surface area contributed by atoms with Crippen LogP contribution in [0.25, 0.3) is 0 Å². The van der Waals surface area contributed by atoms with Gasteiger partial charge in [-0.15, -0.1) is 0 Å². The molecule has 3 heterocycles. The molecule has 0 aliphatic carbocycles. The van der Waals surface area contributed by atoms with Gasteiger partial charge in [0.05, 0.1) is 30.2 Å². The first-order valence-corrected chi connectivity index (χ1v) is 14.1. The molecule has 2 aromatic rings. The van der Waals surface area contributed by atoms with E-state index in [0.29, 0.717) is 37.6 Å². The topological polar surface area (TPSA) is 106 Å². The van der Waals surface area contributed by atoms with Gasteiger partial charge in [-0.05, 0) is 55.2 Å². The Labute approximate surface area is 216 Å². The molecule has 2 aliphatic rings. The molecule has 198 valence electrons. The monoisotopic (exact) mass is 541 g/mol. The Bertz CT molecular complexity index is 1230. The van der Waals surface area contributed by atoms with Gasteiger partial charge >= 0.3 is 10.2 Å². The first kappa shape index (κ1) is 26.8. The van der Waals surface area contributed by atoms with Crippen molar-refractivity contribution in [2.75, 3.05) is 42.9 Å². The molecule has 2 saturated heterocycles. The molecule has 2 fully saturated rings. The lowest BCUT2D eigenvalue weighted by atomic mass is 10.0. The molecule has 0 saturated carbocycles. The van der Waals surface area contributed by atoms with Crippen LogP contribution in [0.1, 0.15) is 57.1 Å². The highest BCUT2D eigenvalue weighted by Crippen LogP contribution is 2.27. The Morgan fingerprint density at radius 2 is 1.97 bits per heavy atom. The third-order valence-corrected chi connectivity index (χ3v) is 8.68. The SMILES string of the molecule is CC(C)c1ccc(NS(=O)(=O)N2CCC(n3ncc(NC[C@@H]4CCCOC4)c(Cl)c3=O)CC2)c(F)c1. The van der Waals surface area contributed by atoms with Crippen LogP contribution >= 0.6 is 11.6 Å². The highest BCUT2D eigenvalue weighted by molar-refractivity contribution is 7.90. The Morgan fingerprint density at radius 1 is 1.22 bits per heavy atom. The number of benzene rings is 1. The minimum Gasteiger partial charge on any atom is -0.382 e. The largest absolute Gasteiger partial charge is 0.382 e. The molecule has 1 aromatic carbocycles. The highest BCUT2D eigenvalue weighted by Gasteiger charge is 2.31. The average molecular weight is 542 g/mol. The van der Waals surface area contributed by atoms with E-state index in [2.05, 4.69) is 15.1 Å². The number of halogens is 2. The number of anilines is 2. The van der Waals surface area contributed by atoms with Gasteiger partial charge in [0.15, 0.2) is 0 Å². The maximum atomic E-state index is 14.5. The summed E-state index contributed by atoms with van der Waals surface area (Å²) in [4.78, 5) is 12.9. The number of ether oxygens (including phenoxy) is 1. The molecule has 2 aliphatic heterocycles. The van der Waals surface area contributed by atoms with Crippen LogP contribution in [0.5, 0.6) is 0 Å². The first-order valence-electron chi connectivity index (χ1n) is 12.3. The molecule has 12 heteroatoms. The lowest BCUT2D eigenvalue weighted by molar-refractivity contribution is 0.0595. The zero-order valence-corrected chi connectivity index (χ0v) is 22.1. The van der Waals surface area contributed by atoms with Crippen molar-refractivity contribution in [1.29, 1.82) is 0 Å². The maximum Gasteiger partial charge on any atom is 0.301 e. The summed E-state index contributed by atoms with van der Waals surface area (Å²) in [5.74, 6) is -0.125. The second-order valence-corrected chi connectivity index (χ2v) is 11.8. The average Bonchev–Trinajstić information content (AvgIpc) is 2.87. The second-order valence-electron chi connectivity index (χ2n) is 9.72. The molecule has 0 spiro atoms. The Kier molecular flexibility index (Phi) is 8.54. The van der Waals surface area contributed by atoms with Gasteiger partial charge in [0.2, 0.25) is 0 Å². The van der Waals surface area contributed by atoms with E-state index in [0.717, 1.165) is 25.0 Å². The predicted octanol–water partition coefficient (Wildman–Crippen LogP) is 3.99. The number of hydrogen-bond acceptors (Lipinski definition) is 6. The van der Waals surface area contributed by atoms with Gasteiger partial charge in [-0.1, -0.05) is 31.5 Å². The smallest absolute Gasteiger partial charge is 0.301 e. The molecular weight excluding hydrogens is 509 g/mol. The van der Waals surface area contributed by atoms with E-state index in [1.165, 1.54) is 21.1 Å². The molecular formula is C24H33ClFN5O4S. The molecule has 9 nitrogen and oxygen atoms in total. The quantitative estimate of drug-likeness (QED) is 0.523. The van der Waals surface area contributed by atoms with Gasteiger partial charge in [-0.2, -0.15) is 17.8 Å². The van der Waals surface area contributed by atoms with Crippen molar-refractivity contribution in [2.45, 2.75) is 51.5 Å². The fourth-order valence-electron chi connectivity index (χ4n) is 4.55. The van der Waals surface area contributed by atoms with Crippen LogP contribution in [-0.4, -0.2) is 55.4 Å². The van der Waals surface area contributed by atoms with Crippen molar-refractivity contribution in [3.8, 4) is 0 Å². The fourth-order valence-corrected chi connectivity index (χ4v) is 6.02. The third-order valence-electron chi connectivity index (χ3n) is 6.79. The van der Waals surface area contributed by atoms with Gasteiger partial charge in [0.25, 0.3) is 5.56 Å². The molecule has 0 bridgehead atoms. The number of hydrogen-bond donors (Lipinski definition) is 2. The van der Waals surface area contributed by atoms with Crippen LogP contribution in [-0.2, 0) is 14.9 Å². The molecule has 36 heavy (non-hydrogen) atoms. The number of piperidine rings is 1. The van der Waals surface area contributed by atoms with Crippen LogP contribution in [0, 0.1) is 11.7 Å². The van der Waals surface area contributed by atoms with Gasteiger partial charge < -0.3 is 10.1 Å². The van der Waals surface area contributed by atoms with Crippen LogP contribution in [0.4, 0.5) is 15.8 Å². The van der Waals surface area contributed by atoms with E-state index in [1.807, 2.05) is 13.8 Å². The van der Waals surface area contributed by atoms with E-state index in [-0.39, 0.29) is 35.8 Å². The third kappa shape index (κ3) is 6.19. The molecule has 1 aromatic heterocycles. The summed E-state index contributed by atoms with van der Waals surface area (Å²) in [6.45, 7) is 6.32. The minimum absolute atomic E-state index is 0.0683. The lowest BCUT2D eigenvalue weighted by Crippen LogP contribution is -2.43. The molecule has 4 rings (SSSR count). The lowest BCUT2D eigenvalue weighted by Gasteiger charge is -2.31. The molecule has 2 N–H and O–H groups in total.